The molecule has 32 heavy (non-hydrogen) atoms. The van der Waals surface area contributed by atoms with Crippen molar-refractivity contribution in [3.05, 3.63) is 101 Å². The summed E-state index contributed by atoms with van der Waals surface area (Å²) in [4.78, 5) is 38.8. The molecule has 3 aromatic carbocycles. The molecule has 4 rings (SSSR count). The van der Waals surface area contributed by atoms with Crippen LogP contribution in [0.2, 0.25) is 0 Å². The molecule has 0 radical (unpaired) electrons. The van der Waals surface area contributed by atoms with Gasteiger partial charge in [0, 0.05) is 23.7 Å². The van der Waals surface area contributed by atoms with Gasteiger partial charge in [0.15, 0.2) is 6.10 Å². The van der Waals surface area contributed by atoms with Crippen molar-refractivity contribution in [2.24, 2.45) is 7.05 Å². The first-order valence-electron chi connectivity index (χ1n) is 10.2. The lowest BCUT2D eigenvalue weighted by Crippen LogP contribution is -2.32. The number of para-hydroxylation sites is 1. The van der Waals surface area contributed by atoms with Crippen LogP contribution in [-0.4, -0.2) is 22.5 Å². The summed E-state index contributed by atoms with van der Waals surface area (Å²) in [7, 11) is 1.53. The average Bonchev–Trinajstić information content (AvgIpc) is 2.82. The Bertz CT molecular complexity index is 1350. The first-order valence-corrected chi connectivity index (χ1v) is 10.2. The Balaban J connectivity index is 1.75. The van der Waals surface area contributed by atoms with Gasteiger partial charge in [0.25, 0.3) is 11.5 Å². The Morgan fingerprint density at radius 1 is 0.844 bits per heavy atom. The maximum absolute atomic E-state index is 13.3. The third kappa shape index (κ3) is 4.03. The number of fused-ring (bicyclic) bond motifs is 1. The number of esters is 1. The van der Waals surface area contributed by atoms with Crippen molar-refractivity contribution < 1.29 is 14.3 Å². The van der Waals surface area contributed by atoms with E-state index >= 15 is 0 Å². The molecular formula is C26H22N2O4. The SMILES string of the molecule is CC(OC(=O)c1c(-c2ccccc2)c2ccccc2c(=O)n1C)C(=O)Nc1ccccc1. The second kappa shape index (κ2) is 8.89. The number of anilines is 1. The summed E-state index contributed by atoms with van der Waals surface area (Å²) in [6, 6.07) is 25.4. The number of pyridine rings is 1. The number of hydrogen-bond acceptors (Lipinski definition) is 4. The first kappa shape index (κ1) is 21.1. The van der Waals surface area contributed by atoms with E-state index in [-0.39, 0.29) is 11.3 Å². The van der Waals surface area contributed by atoms with Crippen LogP contribution in [0, 0.1) is 0 Å². The molecule has 0 saturated heterocycles. The molecule has 160 valence electrons. The van der Waals surface area contributed by atoms with Gasteiger partial charge in [-0.05, 0) is 36.1 Å². The van der Waals surface area contributed by atoms with E-state index in [9.17, 15) is 14.4 Å². The van der Waals surface area contributed by atoms with Crippen molar-refractivity contribution in [3.8, 4) is 11.1 Å². The van der Waals surface area contributed by atoms with Crippen LogP contribution in [0.5, 0.6) is 0 Å². The van der Waals surface area contributed by atoms with E-state index in [1.165, 1.54) is 18.5 Å². The Hall–Kier alpha value is -4.19. The average molecular weight is 426 g/mol. The second-order valence-corrected chi connectivity index (χ2v) is 7.40. The topological polar surface area (TPSA) is 77.4 Å². The Morgan fingerprint density at radius 2 is 1.41 bits per heavy atom. The number of rotatable bonds is 5. The Morgan fingerprint density at radius 3 is 2.06 bits per heavy atom. The summed E-state index contributed by atoms with van der Waals surface area (Å²) in [5, 5.41) is 3.86. The summed E-state index contributed by atoms with van der Waals surface area (Å²) in [5.41, 5.74) is 1.74. The highest BCUT2D eigenvalue weighted by molar-refractivity contribution is 6.07. The first-order chi connectivity index (χ1) is 15.5. The molecular weight excluding hydrogens is 404 g/mol. The number of ether oxygens (including phenoxy) is 1. The molecule has 1 aromatic heterocycles. The standard InChI is InChI=1S/C26H22N2O4/c1-17(24(29)27-19-13-7-4-8-14-19)32-26(31)23-22(18-11-5-3-6-12-18)20-15-9-10-16-21(20)25(30)28(23)2/h3-17H,1-2H3,(H,27,29). The molecule has 0 bridgehead atoms. The van der Waals surface area contributed by atoms with Gasteiger partial charge in [-0.1, -0.05) is 66.7 Å². The van der Waals surface area contributed by atoms with Crippen molar-refractivity contribution in [1.29, 1.82) is 0 Å². The van der Waals surface area contributed by atoms with Crippen molar-refractivity contribution in [2.45, 2.75) is 13.0 Å². The monoisotopic (exact) mass is 426 g/mol. The van der Waals surface area contributed by atoms with Gasteiger partial charge in [-0.3, -0.25) is 9.59 Å². The highest BCUT2D eigenvalue weighted by atomic mass is 16.5. The zero-order chi connectivity index (χ0) is 22.7. The van der Waals surface area contributed by atoms with Crippen LogP contribution < -0.4 is 10.9 Å². The second-order valence-electron chi connectivity index (χ2n) is 7.40. The molecule has 0 aliphatic rings. The number of hydrogen-bond donors (Lipinski definition) is 1. The lowest BCUT2D eigenvalue weighted by atomic mass is 9.97. The minimum Gasteiger partial charge on any atom is -0.448 e. The van der Waals surface area contributed by atoms with Gasteiger partial charge in [-0.2, -0.15) is 0 Å². The molecule has 0 aliphatic carbocycles. The van der Waals surface area contributed by atoms with Crippen molar-refractivity contribution in [1.82, 2.24) is 4.57 Å². The fourth-order valence-corrected chi connectivity index (χ4v) is 3.64. The van der Waals surface area contributed by atoms with Gasteiger partial charge < -0.3 is 14.6 Å². The van der Waals surface area contributed by atoms with E-state index in [1.807, 2.05) is 42.5 Å². The maximum atomic E-state index is 13.3. The highest BCUT2D eigenvalue weighted by Gasteiger charge is 2.26. The van der Waals surface area contributed by atoms with Crippen molar-refractivity contribution in [3.63, 3.8) is 0 Å². The van der Waals surface area contributed by atoms with Gasteiger partial charge in [0.1, 0.15) is 5.69 Å². The summed E-state index contributed by atoms with van der Waals surface area (Å²) >= 11 is 0. The lowest BCUT2D eigenvalue weighted by Gasteiger charge is -2.19. The summed E-state index contributed by atoms with van der Waals surface area (Å²) in [6.45, 7) is 1.50. The van der Waals surface area contributed by atoms with Gasteiger partial charge in [-0.25, -0.2) is 4.79 Å². The third-order valence-electron chi connectivity index (χ3n) is 5.25. The zero-order valence-corrected chi connectivity index (χ0v) is 17.7. The number of nitrogens with zero attached hydrogens (tertiary/aromatic N) is 1. The van der Waals surface area contributed by atoms with Crippen molar-refractivity contribution >= 4 is 28.3 Å². The van der Waals surface area contributed by atoms with E-state index in [4.69, 9.17) is 4.74 Å². The normalized spacial score (nSPS) is 11.7. The van der Waals surface area contributed by atoms with Gasteiger partial charge in [0.2, 0.25) is 0 Å². The summed E-state index contributed by atoms with van der Waals surface area (Å²) in [5.74, 6) is -1.21. The molecule has 4 aromatic rings. The Labute approximate surface area is 185 Å². The van der Waals surface area contributed by atoms with E-state index in [1.54, 1.807) is 42.5 Å². The summed E-state index contributed by atoms with van der Waals surface area (Å²) < 4.78 is 6.79. The van der Waals surface area contributed by atoms with Gasteiger partial charge in [0.05, 0.1) is 0 Å². The smallest absolute Gasteiger partial charge is 0.356 e. The van der Waals surface area contributed by atoms with Crippen LogP contribution >= 0.6 is 0 Å². The van der Waals surface area contributed by atoms with E-state index in [0.29, 0.717) is 22.0 Å². The third-order valence-corrected chi connectivity index (χ3v) is 5.25. The quantitative estimate of drug-likeness (QED) is 0.480. The number of amides is 1. The van der Waals surface area contributed by atoms with Crippen LogP contribution in [0.25, 0.3) is 21.9 Å². The fourth-order valence-electron chi connectivity index (χ4n) is 3.64. The van der Waals surface area contributed by atoms with E-state index in [2.05, 4.69) is 5.32 Å². The van der Waals surface area contributed by atoms with E-state index < -0.39 is 18.0 Å². The van der Waals surface area contributed by atoms with Crippen LogP contribution in [0.15, 0.2) is 89.7 Å². The largest absolute Gasteiger partial charge is 0.448 e. The van der Waals surface area contributed by atoms with Crippen molar-refractivity contribution in [2.75, 3.05) is 5.32 Å². The van der Waals surface area contributed by atoms with E-state index in [0.717, 1.165) is 5.56 Å². The molecule has 1 amide bonds. The molecule has 6 nitrogen and oxygen atoms in total. The molecule has 1 N–H and O–H groups in total. The Kier molecular flexibility index (Phi) is 5.85. The molecule has 0 fully saturated rings. The number of benzene rings is 3. The van der Waals surface area contributed by atoms with Gasteiger partial charge >= 0.3 is 5.97 Å². The molecule has 1 heterocycles. The maximum Gasteiger partial charge on any atom is 0.356 e. The number of aromatic nitrogens is 1. The number of carbonyl (C=O) groups is 2. The predicted octanol–water partition coefficient (Wildman–Crippen LogP) is 4.39. The fraction of sp³-hybridized carbons (Fsp3) is 0.115. The van der Waals surface area contributed by atoms with Crippen LogP contribution in [0.3, 0.4) is 0 Å². The number of carbonyl (C=O) groups excluding carboxylic acids is 2. The van der Waals surface area contributed by atoms with Crippen LogP contribution in [-0.2, 0) is 16.6 Å². The van der Waals surface area contributed by atoms with Crippen LogP contribution in [0.1, 0.15) is 17.4 Å². The van der Waals surface area contributed by atoms with Gasteiger partial charge in [-0.15, -0.1) is 0 Å². The predicted molar refractivity (Wildman–Crippen MR) is 125 cm³/mol. The molecule has 1 atom stereocenters. The number of nitrogens with one attached hydrogen (secondary N) is 1. The van der Waals surface area contributed by atoms with Crippen LogP contribution in [0.4, 0.5) is 5.69 Å². The highest BCUT2D eigenvalue weighted by Crippen LogP contribution is 2.31. The summed E-state index contributed by atoms with van der Waals surface area (Å²) in [6.07, 6.45) is -1.06. The lowest BCUT2D eigenvalue weighted by molar-refractivity contribution is -0.123. The minimum absolute atomic E-state index is 0.0965. The molecule has 0 saturated carbocycles. The minimum atomic E-state index is -1.06. The molecule has 0 spiro atoms. The molecule has 1 unspecified atom stereocenters. The molecule has 0 aliphatic heterocycles. The zero-order valence-electron chi connectivity index (χ0n) is 17.7. The molecule has 6 heteroatoms.